The van der Waals surface area contributed by atoms with Crippen molar-refractivity contribution in [1.82, 2.24) is 20.1 Å². The number of hydrogen-bond donors (Lipinski definition) is 1. The number of carbonyl (C=O) groups excluding carboxylic acids is 1. The predicted molar refractivity (Wildman–Crippen MR) is 65.9 cm³/mol. The summed E-state index contributed by atoms with van der Waals surface area (Å²) in [6.45, 7) is 1.02. The number of halogens is 2. The van der Waals surface area contributed by atoms with Gasteiger partial charge in [-0.15, -0.1) is 10.2 Å². The van der Waals surface area contributed by atoms with E-state index in [2.05, 4.69) is 15.5 Å². The highest BCUT2D eigenvalue weighted by Gasteiger charge is 2.18. The lowest BCUT2D eigenvalue weighted by atomic mass is 10.2. The zero-order valence-electron chi connectivity index (χ0n) is 10.6. The highest BCUT2D eigenvalue weighted by atomic mass is 19.1. The molecule has 1 aromatic carbocycles. The molecule has 104 valence electrons. The van der Waals surface area contributed by atoms with Crippen LogP contribution in [0.4, 0.5) is 8.78 Å². The normalized spacial score (nSPS) is 13.3. The van der Waals surface area contributed by atoms with Crippen LogP contribution < -0.4 is 5.32 Å². The maximum Gasteiger partial charge on any atom is 0.251 e. The standard InChI is InChI=1S/C13H12F2N4O/c14-9-4-8(5-10(15)6-9)13(20)16-7-12-18-17-11-2-1-3-19(11)12/h4-6H,1-3,7H2,(H,16,20). The van der Waals surface area contributed by atoms with E-state index in [1.165, 1.54) is 0 Å². The van der Waals surface area contributed by atoms with E-state index in [4.69, 9.17) is 0 Å². The molecule has 1 aromatic heterocycles. The summed E-state index contributed by atoms with van der Waals surface area (Å²) in [7, 11) is 0. The number of carbonyl (C=O) groups is 1. The number of aromatic nitrogens is 3. The lowest BCUT2D eigenvalue weighted by molar-refractivity contribution is 0.0948. The Kier molecular flexibility index (Phi) is 3.17. The summed E-state index contributed by atoms with van der Waals surface area (Å²) in [5.74, 6) is -0.537. The van der Waals surface area contributed by atoms with Gasteiger partial charge in [0.1, 0.15) is 17.5 Å². The van der Waals surface area contributed by atoms with Crippen LogP contribution in [0.3, 0.4) is 0 Å². The van der Waals surface area contributed by atoms with Gasteiger partial charge in [-0.2, -0.15) is 0 Å². The van der Waals surface area contributed by atoms with Crippen LogP contribution in [-0.4, -0.2) is 20.7 Å². The molecule has 0 aliphatic carbocycles. The molecule has 0 unspecified atom stereocenters. The van der Waals surface area contributed by atoms with Crippen molar-refractivity contribution in [2.75, 3.05) is 0 Å². The van der Waals surface area contributed by atoms with Gasteiger partial charge in [-0.1, -0.05) is 0 Å². The van der Waals surface area contributed by atoms with E-state index < -0.39 is 17.5 Å². The Balaban J connectivity index is 1.70. The largest absolute Gasteiger partial charge is 0.345 e. The lowest BCUT2D eigenvalue weighted by Crippen LogP contribution is -2.25. The van der Waals surface area contributed by atoms with Crippen molar-refractivity contribution in [2.24, 2.45) is 0 Å². The quantitative estimate of drug-likeness (QED) is 0.924. The second-order valence-electron chi connectivity index (χ2n) is 4.63. The fraction of sp³-hybridized carbons (Fsp3) is 0.308. The zero-order valence-corrected chi connectivity index (χ0v) is 10.6. The smallest absolute Gasteiger partial charge is 0.251 e. The first-order valence-electron chi connectivity index (χ1n) is 6.29. The molecule has 20 heavy (non-hydrogen) atoms. The first kappa shape index (κ1) is 12.7. The van der Waals surface area contributed by atoms with Crippen LogP contribution in [0.5, 0.6) is 0 Å². The van der Waals surface area contributed by atoms with Crippen LogP contribution in [0.2, 0.25) is 0 Å². The van der Waals surface area contributed by atoms with Crippen LogP contribution in [0.15, 0.2) is 18.2 Å². The second kappa shape index (κ2) is 4.99. The molecule has 1 N–H and O–H groups in total. The Morgan fingerprint density at radius 2 is 2.00 bits per heavy atom. The number of aryl methyl sites for hydroxylation is 1. The zero-order chi connectivity index (χ0) is 14.1. The Labute approximate surface area is 113 Å². The molecule has 0 atom stereocenters. The molecule has 1 aliphatic rings. The molecule has 1 aliphatic heterocycles. The average Bonchev–Trinajstić information content (AvgIpc) is 2.98. The Morgan fingerprint density at radius 3 is 2.75 bits per heavy atom. The third-order valence-corrected chi connectivity index (χ3v) is 3.22. The van der Waals surface area contributed by atoms with E-state index >= 15 is 0 Å². The number of amides is 1. The average molecular weight is 278 g/mol. The van der Waals surface area contributed by atoms with Crippen LogP contribution >= 0.6 is 0 Å². The number of benzene rings is 1. The van der Waals surface area contributed by atoms with Gasteiger partial charge < -0.3 is 9.88 Å². The van der Waals surface area contributed by atoms with Crippen molar-refractivity contribution >= 4 is 5.91 Å². The SMILES string of the molecule is O=C(NCc1nnc2n1CCC2)c1cc(F)cc(F)c1. The van der Waals surface area contributed by atoms with Gasteiger partial charge in [0.05, 0.1) is 6.54 Å². The van der Waals surface area contributed by atoms with Crippen molar-refractivity contribution in [1.29, 1.82) is 0 Å². The fourth-order valence-corrected chi connectivity index (χ4v) is 2.29. The third-order valence-electron chi connectivity index (χ3n) is 3.22. The summed E-state index contributed by atoms with van der Waals surface area (Å²) in [5.41, 5.74) is -0.0522. The van der Waals surface area contributed by atoms with E-state index in [1.807, 2.05) is 4.57 Å². The highest BCUT2D eigenvalue weighted by Crippen LogP contribution is 2.14. The van der Waals surface area contributed by atoms with E-state index in [-0.39, 0.29) is 12.1 Å². The van der Waals surface area contributed by atoms with E-state index in [0.717, 1.165) is 43.4 Å². The number of fused-ring (bicyclic) bond motifs is 1. The molecular weight excluding hydrogens is 266 g/mol. The summed E-state index contributed by atoms with van der Waals surface area (Å²) in [6, 6.07) is 2.71. The molecular formula is C13H12F2N4O. The molecule has 0 spiro atoms. The predicted octanol–water partition coefficient (Wildman–Crippen LogP) is 1.43. The molecule has 1 amide bonds. The molecule has 3 rings (SSSR count). The van der Waals surface area contributed by atoms with Crippen molar-refractivity contribution < 1.29 is 13.6 Å². The van der Waals surface area contributed by atoms with Gasteiger partial charge in [0.15, 0.2) is 5.82 Å². The van der Waals surface area contributed by atoms with Crippen molar-refractivity contribution in [2.45, 2.75) is 25.9 Å². The molecule has 0 radical (unpaired) electrons. The molecule has 5 nitrogen and oxygen atoms in total. The number of hydrogen-bond acceptors (Lipinski definition) is 3. The minimum atomic E-state index is -0.779. The fourth-order valence-electron chi connectivity index (χ4n) is 2.29. The molecule has 2 aromatic rings. The van der Waals surface area contributed by atoms with E-state index in [1.54, 1.807) is 0 Å². The number of rotatable bonds is 3. The maximum absolute atomic E-state index is 13.0. The van der Waals surface area contributed by atoms with E-state index in [0.29, 0.717) is 5.82 Å². The van der Waals surface area contributed by atoms with Gasteiger partial charge >= 0.3 is 0 Å². The van der Waals surface area contributed by atoms with Gasteiger partial charge in [-0.25, -0.2) is 8.78 Å². The third kappa shape index (κ3) is 2.38. The van der Waals surface area contributed by atoms with Crippen molar-refractivity contribution in [3.63, 3.8) is 0 Å². The van der Waals surface area contributed by atoms with Gasteiger partial charge in [0, 0.05) is 24.6 Å². The molecule has 0 saturated carbocycles. The molecule has 0 fully saturated rings. The molecule has 0 saturated heterocycles. The van der Waals surface area contributed by atoms with E-state index in [9.17, 15) is 13.6 Å². The minimum Gasteiger partial charge on any atom is -0.345 e. The highest BCUT2D eigenvalue weighted by molar-refractivity contribution is 5.94. The summed E-state index contributed by atoms with van der Waals surface area (Å²) in [5, 5.41) is 10.6. The Hall–Kier alpha value is -2.31. The minimum absolute atomic E-state index is 0.0522. The van der Waals surface area contributed by atoms with Gasteiger partial charge in [-0.05, 0) is 18.6 Å². The van der Waals surface area contributed by atoms with Crippen LogP contribution in [0, 0.1) is 11.6 Å². The van der Waals surface area contributed by atoms with Crippen molar-refractivity contribution in [3.8, 4) is 0 Å². The topological polar surface area (TPSA) is 59.8 Å². The van der Waals surface area contributed by atoms with Gasteiger partial charge in [0.25, 0.3) is 5.91 Å². The van der Waals surface area contributed by atoms with Crippen molar-refractivity contribution in [3.05, 3.63) is 47.0 Å². The number of nitrogens with zero attached hydrogens (tertiary/aromatic N) is 3. The Morgan fingerprint density at radius 1 is 1.25 bits per heavy atom. The lowest BCUT2D eigenvalue weighted by Gasteiger charge is -2.06. The summed E-state index contributed by atoms with van der Waals surface area (Å²) >= 11 is 0. The number of nitrogens with one attached hydrogen (secondary N) is 1. The summed E-state index contributed by atoms with van der Waals surface area (Å²) in [4.78, 5) is 11.8. The maximum atomic E-state index is 13.0. The second-order valence-corrected chi connectivity index (χ2v) is 4.63. The van der Waals surface area contributed by atoms with Crippen LogP contribution in [-0.2, 0) is 19.5 Å². The monoisotopic (exact) mass is 278 g/mol. The first-order chi connectivity index (χ1) is 9.63. The molecule has 7 heteroatoms. The molecule has 2 heterocycles. The molecule has 0 bridgehead atoms. The summed E-state index contributed by atoms with van der Waals surface area (Å²) in [6.07, 6.45) is 1.90. The van der Waals surface area contributed by atoms with Crippen LogP contribution in [0.1, 0.15) is 28.4 Å². The first-order valence-corrected chi connectivity index (χ1v) is 6.29. The van der Waals surface area contributed by atoms with Gasteiger partial charge in [0.2, 0.25) is 0 Å². The van der Waals surface area contributed by atoms with Crippen LogP contribution in [0.25, 0.3) is 0 Å². The Bertz CT molecular complexity index is 648. The van der Waals surface area contributed by atoms with Gasteiger partial charge in [-0.3, -0.25) is 4.79 Å². The summed E-state index contributed by atoms with van der Waals surface area (Å²) < 4.78 is 28.0.